The SMILES string of the molecule is CNCC(C)CNC(=O)c1cc(F)ccc1C. The lowest BCUT2D eigenvalue weighted by Gasteiger charge is -2.12. The van der Waals surface area contributed by atoms with Gasteiger partial charge in [0.1, 0.15) is 5.82 Å². The predicted molar refractivity (Wildman–Crippen MR) is 66.6 cm³/mol. The summed E-state index contributed by atoms with van der Waals surface area (Å²) in [5.74, 6) is -0.258. The highest BCUT2D eigenvalue weighted by atomic mass is 19.1. The second-order valence-electron chi connectivity index (χ2n) is 4.33. The Bertz CT molecular complexity index is 393. The molecule has 0 radical (unpaired) electrons. The molecule has 0 saturated heterocycles. The van der Waals surface area contributed by atoms with Crippen molar-refractivity contribution in [2.24, 2.45) is 5.92 Å². The molecular formula is C13H19FN2O. The van der Waals surface area contributed by atoms with E-state index in [1.54, 1.807) is 13.0 Å². The maximum absolute atomic E-state index is 13.0. The summed E-state index contributed by atoms with van der Waals surface area (Å²) >= 11 is 0. The summed E-state index contributed by atoms with van der Waals surface area (Å²) in [5.41, 5.74) is 1.19. The zero-order valence-corrected chi connectivity index (χ0v) is 10.5. The van der Waals surface area contributed by atoms with Gasteiger partial charge in [-0.1, -0.05) is 13.0 Å². The van der Waals surface area contributed by atoms with Gasteiger partial charge >= 0.3 is 0 Å². The number of hydrogen-bond acceptors (Lipinski definition) is 2. The van der Waals surface area contributed by atoms with Crippen molar-refractivity contribution < 1.29 is 9.18 Å². The molecule has 0 heterocycles. The third-order valence-electron chi connectivity index (χ3n) is 2.61. The molecule has 2 N–H and O–H groups in total. The van der Waals surface area contributed by atoms with E-state index in [0.717, 1.165) is 12.1 Å². The quantitative estimate of drug-likeness (QED) is 0.820. The number of amides is 1. The van der Waals surface area contributed by atoms with E-state index in [1.807, 2.05) is 14.0 Å². The molecule has 4 heteroatoms. The molecule has 0 aromatic heterocycles. The Morgan fingerprint density at radius 1 is 1.41 bits per heavy atom. The van der Waals surface area contributed by atoms with Gasteiger partial charge < -0.3 is 10.6 Å². The van der Waals surface area contributed by atoms with E-state index in [4.69, 9.17) is 0 Å². The summed E-state index contributed by atoms with van der Waals surface area (Å²) in [6, 6.07) is 4.24. The lowest BCUT2D eigenvalue weighted by molar-refractivity contribution is 0.0947. The number of benzene rings is 1. The van der Waals surface area contributed by atoms with Crippen molar-refractivity contribution in [1.29, 1.82) is 0 Å². The minimum atomic E-state index is -0.385. The van der Waals surface area contributed by atoms with Crippen LogP contribution in [0.4, 0.5) is 4.39 Å². The van der Waals surface area contributed by atoms with Crippen molar-refractivity contribution in [2.45, 2.75) is 13.8 Å². The minimum absolute atomic E-state index is 0.218. The van der Waals surface area contributed by atoms with Gasteiger partial charge in [-0.25, -0.2) is 4.39 Å². The minimum Gasteiger partial charge on any atom is -0.352 e. The summed E-state index contributed by atoms with van der Waals surface area (Å²) < 4.78 is 13.0. The first-order chi connectivity index (χ1) is 8.04. The first-order valence-corrected chi connectivity index (χ1v) is 5.73. The van der Waals surface area contributed by atoms with Crippen LogP contribution in [0, 0.1) is 18.7 Å². The number of carbonyl (C=O) groups is 1. The monoisotopic (exact) mass is 238 g/mol. The van der Waals surface area contributed by atoms with Gasteiger partial charge in [0.05, 0.1) is 0 Å². The zero-order chi connectivity index (χ0) is 12.8. The van der Waals surface area contributed by atoms with Crippen molar-refractivity contribution in [3.63, 3.8) is 0 Å². The van der Waals surface area contributed by atoms with Gasteiger partial charge in [-0.15, -0.1) is 0 Å². The summed E-state index contributed by atoms with van der Waals surface area (Å²) in [5, 5.41) is 5.85. The van der Waals surface area contributed by atoms with E-state index >= 15 is 0 Å². The van der Waals surface area contributed by atoms with E-state index < -0.39 is 0 Å². The molecule has 0 saturated carbocycles. The number of halogens is 1. The van der Waals surface area contributed by atoms with Crippen molar-refractivity contribution >= 4 is 5.91 Å². The molecule has 1 aromatic carbocycles. The van der Waals surface area contributed by atoms with Gasteiger partial charge in [0.25, 0.3) is 5.91 Å². The fourth-order valence-corrected chi connectivity index (χ4v) is 1.62. The van der Waals surface area contributed by atoms with Crippen LogP contribution in [0.1, 0.15) is 22.8 Å². The third-order valence-corrected chi connectivity index (χ3v) is 2.61. The van der Waals surface area contributed by atoms with Crippen LogP contribution in [0.2, 0.25) is 0 Å². The molecule has 0 aliphatic heterocycles. The Labute approximate surface area is 101 Å². The maximum Gasteiger partial charge on any atom is 0.251 e. The molecule has 1 amide bonds. The van der Waals surface area contributed by atoms with Gasteiger partial charge in [-0.05, 0) is 44.1 Å². The predicted octanol–water partition coefficient (Wildman–Crippen LogP) is 1.72. The Balaban J connectivity index is 2.61. The van der Waals surface area contributed by atoms with Gasteiger partial charge in [-0.3, -0.25) is 4.79 Å². The average Bonchev–Trinajstić information content (AvgIpc) is 2.29. The zero-order valence-electron chi connectivity index (χ0n) is 10.5. The molecule has 1 aromatic rings. The van der Waals surface area contributed by atoms with Crippen LogP contribution in [-0.2, 0) is 0 Å². The van der Waals surface area contributed by atoms with Gasteiger partial charge in [0, 0.05) is 12.1 Å². The average molecular weight is 238 g/mol. The number of hydrogen-bond donors (Lipinski definition) is 2. The Kier molecular flexibility index (Phi) is 5.10. The first kappa shape index (κ1) is 13.6. The summed E-state index contributed by atoms with van der Waals surface area (Å²) in [6.07, 6.45) is 0. The fraction of sp³-hybridized carbons (Fsp3) is 0.462. The smallest absolute Gasteiger partial charge is 0.251 e. The number of nitrogens with one attached hydrogen (secondary N) is 2. The molecule has 1 atom stereocenters. The van der Waals surface area contributed by atoms with Gasteiger partial charge in [0.15, 0.2) is 0 Å². The van der Waals surface area contributed by atoms with Crippen LogP contribution >= 0.6 is 0 Å². The molecule has 1 rings (SSSR count). The van der Waals surface area contributed by atoms with Gasteiger partial charge in [0.2, 0.25) is 0 Å². The van der Waals surface area contributed by atoms with Crippen molar-refractivity contribution in [3.05, 3.63) is 35.1 Å². The Morgan fingerprint density at radius 3 is 2.76 bits per heavy atom. The Hall–Kier alpha value is -1.42. The van der Waals surface area contributed by atoms with Crippen molar-refractivity contribution in [1.82, 2.24) is 10.6 Å². The molecule has 17 heavy (non-hydrogen) atoms. The van der Waals surface area contributed by atoms with Crippen LogP contribution in [0.5, 0.6) is 0 Å². The highest BCUT2D eigenvalue weighted by Gasteiger charge is 2.10. The Morgan fingerprint density at radius 2 is 2.12 bits per heavy atom. The van der Waals surface area contributed by atoms with Crippen LogP contribution in [0.3, 0.4) is 0 Å². The molecule has 0 aliphatic rings. The highest BCUT2D eigenvalue weighted by molar-refractivity contribution is 5.95. The van der Waals surface area contributed by atoms with Crippen LogP contribution in [0.15, 0.2) is 18.2 Å². The van der Waals surface area contributed by atoms with Crippen LogP contribution in [-0.4, -0.2) is 26.0 Å². The lowest BCUT2D eigenvalue weighted by Crippen LogP contribution is -2.32. The maximum atomic E-state index is 13.0. The fourth-order valence-electron chi connectivity index (χ4n) is 1.62. The van der Waals surface area contributed by atoms with Gasteiger partial charge in [-0.2, -0.15) is 0 Å². The molecular weight excluding hydrogens is 219 g/mol. The van der Waals surface area contributed by atoms with E-state index in [2.05, 4.69) is 10.6 Å². The number of aryl methyl sites for hydroxylation is 1. The lowest BCUT2D eigenvalue weighted by atomic mass is 10.1. The van der Waals surface area contributed by atoms with E-state index in [0.29, 0.717) is 18.0 Å². The number of rotatable bonds is 5. The summed E-state index contributed by atoms with van der Waals surface area (Å²) in [6.45, 7) is 5.25. The standard InChI is InChI=1S/C13H19FN2O/c1-9(7-15-3)8-16-13(17)12-6-11(14)5-4-10(12)2/h4-6,9,15H,7-8H2,1-3H3,(H,16,17). The molecule has 0 fully saturated rings. The topological polar surface area (TPSA) is 41.1 Å². The second kappa shape index (κ2) is 6.35. The molecule has 0 bridgehead atoms. The van der Waals surface area contributed by atoms with Crippen LogP contribution in [0.25, 0.3) is 0 Å². The highest BCUT2D eigenvalue weighted by Crippen LogP contribution is 2.10. The van der Waals surface area contributed by atoms with E-state index in [1.165, 1.54) is 12.1 Å². The van der Waals surface area contributed by atoms with Crippen molar-refractivity contribution in [2.75, 3.05) is 20.1 Å². The first-order valence-electron chi connectivity index (χ1n) is 5.73. The van der Waals surface area contributed by atoms with Crippen molar-refractivity contribution in [3.8, 4) is 0 Å². The molecule has 0 aliphatic carbocycles. The summed E-state index contributed by atoms with van der Waals surface area (Å²) in [4.78, 5) is 11.8. The number of carbonyl (C=O) groups excluding carboxylic acids is 1. The summed E-state index contributed by atoms with van der Waals surface area (Å²) in [7, 11) is 1.87. The molecule has 94 valence electrons. The second-order valence-corrected chi connectivity index (χ2v) is 4.33. The van der Waals surface area contributed by atoms with E-state index in [-0.39, 0.29) is 11.7 Å². The van der Waals surface area contributed by atoms with E-state index in [9.17, 15) is 9.18 Å². The molecule has 3 nitrogen and oxygen atoms in total. The normalized spacial score (nSPS) is 12.2. The largest absolute Gasteiger partial charge is 0.352 e. The van der Waals surface area contributed by atoms with Crippen LogP contribution < -0.4 is 10.6 Å². The molecule has 0 spiro atoms. The third kappa shape index (κ3) is 4.15. The molecule has 1 unspecified atom stereocenters.